The largest absolute Gasteiger partial charge is 0.493 e. The van der Waals surface area contributed by atoms with E-state index in [-0.39, 0.29) is 6.04 Å². The number of hydrogen-bond donors (Lipinski definition) is 2. The predicted octanol–water partition coefficient (Wildman–Crippen LogP) is 1.19. The van der Waals surface area contributed by atoms with Gasteiger partial charge in [0, 0.05) is 12.6 Å². The van der Waals surface area contributed by atoms with Crippen LogP contribution in [-0.4, -0.2) is 54.6 Å². The molecule has 5 nitrogen and oxygen atoms in total. The number of ether oxygens (including phenoxy) is 2. The fourth-order valence-corrected chi connectivity index (χ4v) is 2.82. The Morgan fingerprint density at radius 3 is 2.50 bits per heavy atom. The van der Waals surface area contributed by atoms with Crippen LogP contribution in [-0.2, 0) is 0 Å². The second kappa shape index (κ2) is 5.60. The summed E-state index contributed by atoms with van der Waals surface area (Å²) < 4.78 is 10.5. The molecule has 1 fully saturated rings. The molecule has 0 saturated carbocycles. The third-order valence-electron chi connectivity index (χ3n) is 4.06. The molecule has 5 heteroatoms. The Balaban J connectivity index is 2.28. The highest BCUT2D eigenvalue weighted by Gasteiger charge is 2.40. The zero-order valence-corrected chi connectivity index (χ0v) is 12.5. The molecule has 112 valence electrons. The van der Waals surface area contributed by atoms with Crippen molar-refractivity contribution in [2.45, 2.75) is 31.1 Å². The number of aliphatic hydroxyl groups is 2. The first-order valence-electron chi connectivity index (χ1n) is 6.71. The Morgan fingerprint density at radius 1 is 1.25 bits per heavy atom. The zero-order valence-electron chi connectivity index (χ0n) is 12.5. The number of rotatable bonds is 3. The van der Waals surface area contributed by atoms with Crippen LogP contribution in [0.4, 0.5) is 0 Å². The number of nitrogens with zero attached hydrogens (tertiary/aromatic N) is 1. The second-order valence-electron chi connectivity index (χ2n) is 5.65. The van der Waals surface area contributed by atoms with Gasteiger partial charge in [-0.15, -0.1) is 0 Å². The Morgan fingerprint density at radius 2 is 1.90 bits per heavy atom. The normalized spacial score (nSPS) is 31.1. The summed E-state index contributed by atoms with van der Waals surface area (Å²) in [6.45, 7) is 2.09. The topological polar surface area (TPSA) is 62.2 Å². The first-order valence-corrected chi connectivity index (χ1v) is 6.71. The quantitative estimate of drug-likeness (QED) is 0.871. The summed E-state index contributed by atoms with van der Waals surface area (Å²) in [7, 11) is 5.15. The van der Waals surface area contributed by atoms with Crippen molar-refractivity contribution in [2.75, 3.05) is 27.8 Å². The van der Waals surface area contributed by atoms with Gasteiger partial charge in [0.25, 0.3) is 0 Å². The molecule has 20 heavy (non-hydrogen) atoms. The molecule has 2 N–H and O–H groups in total. The van der Waals surface area contributed by atoms with E-state index in [1.165, 1.54) is 0 Å². The van der Waals surface area contributed by atoms with Gasteiger partial charge >= 0.3 is 0 Å². The van der Waals surface area contributed by atoms with Crippen molar-refractivity contribution in [3.05, 3.63) is 23.8 Å². The van der Waals surface area contributed by atoms with E-state index in [2.05, 4.69) is 0 Å². The number of benzene rings is 1. The number of likely N-dealkylation sites (N-methyl/N-ethyl adjacent to an activating group) is 1. The maximum Gasteiger partial charge on any atom is 0.161 e. The summed E-state index contributed by atoms with van der Waals surface area (Å²) in [5.74, 6) is 1.35. The summed E-state index contributed by atoms with van der Waals surface area (Å²) in [5, 5.41) is 20.2. The van der Waals surface area contributed by atoms with Gasteiger partial charge in [-0.25, -0.2) is 0 Å². The van der Waals surface area contributed by atoms with E-state index in [9.17, 15) is 10.2 Å². The lowest BCUT2D eigenvalue weighted by molar-refractivity contribution is -0.121. The van der Waals surface area contributed by atoms with Crippen molar-refractivity contribution in [3.63, 3.8) is 0 Å². The molecule has 0 aromatic heterocycles. The van der Waals surface area contributed by atoms with Crippen molar-refractivity contribution >= 4 is 0 Å². The van der Waals surface area contributed by atoms with E-state index < -0.39 is 11.7 Å². The fraction of sp³-hybridized carbons (Fsp3) is 0.600. The lowest BCUT2D eigenvalue weighted by atomic mass is 9.85. The average molecular weight is 281 g/mol. The molecule has 0 unspecified atom stereocenters. The van der Waals surface area contributed by atoms with Crippen LogP contribution in [0.1, 0.15) is 24.9 Å². The molecule has 3 atom stereocenters. The molecule has 0 amide bonds. The maximum atomic E-state index is 10.1. The molecule has 1 aromatic rings. The Bertz CT molecular complexity index is 475. The van der Waals surface area contributed by atoms with Gasteiger partial charge in [-0.2, -0.15) is 0 Å². The van der Waals surface area contributed by atoms with Crippen LogP contribution in [0.15, 0.2) is 18.2 Å². The molecular weight excluding hydrogens is 258 g/mol. The van der Waals surface area contributed by atoms with Gasteiger partial charge in [0.15, 0.2) is 11.5 Å². The van der Waals surface area contributed by atoms with Crippen LogP contribution < -0.4 is 9.47 Å². The van der Waals surface area contributed by atoms with Crippen molar-refractivity contribution in [2.24, 2.45) is 0 Å². The van der Waals surface area contributed by atoms with Crippen molar-refractivity contribution < 1.29 is 19.7 Å². The smallest absolute Gasteiger partial charge is 0.161 e. The van der Waals surface area contributed by atoms with E-state index in [1.807, 2.05) is 30.1 Å². The van der Waals surface area contributed by atoms with E-state index in [0.29, 0.717) is 24.5 Å². The number of methoxy groups -OCH3 is 2. The number of β-amino-alcohol motifs (C(OH)–C–C–N with tert-alkyl or cyclic N) is 1. The average Bonchev–Trinajstić information content (AvgIpc) is 2.41. The minimum atomic E-state index is -1.07. The molecule has 0 aliphatic carbocycles. The molecule has 0 spiro atoms. The fourth-order valence-electron chi connectivity index (χ4n) is 2.82. The van der Waals surface area contributed by atoms with Gasteiger partial charge in [0.2, 0.25) is 0 Å². The molecule has 1 heterocycles. The third-order valence-corrected chi connectivity index (χ3v) is 4.06. The molecular formula is C15H23NO4. The minimum Gasteiger partial charge on any atom is -0.493 e. The molecule has 2 rings (SSSR count). The van der Waals surface area contributed by atoms with Gasteiger partial charge < -0.3 is 19.7 Å². The van der Waals surface area contributed by atoms with Crippen LogP contribution in [0.3, 0.4) is 0 Å². The first-order chi connectivity index (χ1) is 9.39. The van der Waals surface area contributed by atoms with Crippen LogP contribution in [0, 0.1) is 0 Å². The van der Waals surface area contributed by atoms with Crippen LogP contribution in [0.2, 0.25) is 0 Å². The molecule has 0 radical (unpaired) electrons. The number of likely N-dealkylation sites (tertiary alicyclic amines) is 1. The van der Waals surface area contributed by atoms with Gasteiger partial charge in [0.05, 0.1) is 20.3 Å². The third kappa shape index (κ3) is 2.75. The van der Waals surface area contributed by atoms with Crippen LogP contribution in [0.25, 0.3) is 0 Å². The number of piperidine rings is 1. The number of hydrogen-bond acceptors (Lipinski definition) is 5. The van der Waals surface area contributed by atoms with E-state index in [1.54, 1.807) is 21.1 Å². The first kappa shape index (κ1) is 15.1. The molecule has 1 aliphatic rings. The van der Waals surface area contributed by atoms with Crippen LogP contribution >= 0.6 is 0 Å². The SMILES string of the molecule is COc1ccc([C@@H]2C[C@H](O)[C@](C)(O)CN2C)cc1OC. The lowest BCUT2D eigenvalue weighted by Crippen LogP contribution is -2.54. The molecule has 0 bridgehead atoms. The van der Waals surface area contributed by atoms with Crippen LogP contribution in [0.5, 0.6) is 11.5 Å². The molecule has 1 saturated heterocycles. The summed E-state index contributed by atoms with van der Waals surface area (Å²) in [4.78, 5) is 2.05. The summed E-state index contributed by atoms with van der Waals surface area (Å²) in [5.41, 5.74) is -0.0263. The lowest BCUT2D eigenvalue weighted by Gasteiger charge is -2.44. The Kier molecular flexibility index (Phi) is 4.22. The number of aliphatic hydroxyl groups excluding tert-OH is 1. The van der Waals surface area contributed by atoms with Gasteiger partial charge in [-0.1, -0.05) is 6.07 Å². The predicted molar refractivity (Wildman–Crippen MR) is 76.2 cm³/mol. The molecule has 1 aromatic carbocycles. The van der Waals surface area contributed by atoms with Gasteiger partial charge in [0.1, 0.15) is 5.60 Å². The second-order valence-corrected chi connectivity index (χ2v) is 5.65. The Labute approximate surface area is 119 Å². The Hall–Kier alpha value is -1.30. The van der Waals surface area contributed by atoms with Crippen molar-refractivity contribution in [3.8, 4) is 11.5 Å². The maximum absolute atomic E-state index is 10.1. The highest BCUT2D eigenvalue weighted by Crippen LogP contribution is 2.37. The summed E-state index contributed by atoms with van der Waals surface area (Å²) in [6.07, 6.45) is -0.254. The monoisotopic (exact) mass is 281 g/mol. The van der Waals surface area contributed by atoms with Gasteiger partial charge in [-0.05, 0) is 38.1 Å². The van der Waals surface area contributed by atoms with E-state index in [4.69, 9.17) is 9.47 Å². The van der Waals surface area contributed by atoms with Crippen molar-refractivity contribution in [1.29, 1.82) is 0 Å². The highest BCUT2D eigenvalue weighted by molar-refractivity contribution is 5.44. The van der Waals surface area contributed by atoms with E-state index in [0.717, 1.165) is 5.56 Å². The summed E-state index contributed by atoms with van der Waals surface area (Å²) in [6, 6.07) is 5.80. The van der Waals surface area contributed by atoms with E-state index >= 15 is 0 Å². The highest BCUT2D eigenvalue weighted by atomic mass is 16.5. The zero-order chi connectivity index (χ0) is 14.9. The van der Waals surface area contributed by atoms with Gasteiger partial charge in [-0.3, -0.25) is 4.90 Å². The summed E-state index contributed by atoms with van der Waals surface area (Å²) >= 11 is 0. The standard InChI is InChI=1S/C15H23NO4/c1-15(18)9-16(2)11(8-14(15)17)10-5-6-12(19-3)13(7-10)20-4/h5-7,11,14,17-18H,8-9H2,1-4H3/t11-,14-,15+/m0/s1. The molecule has 1 aliphatic heterocycles. The minimum absolute atomic E-state index is 0.0463. The van der Waals surface area contributed by atoms with Crippen molar-refractivity contribution in [1.82, 2.24) is 4.90 Å².